The molecule has 118 valence electrons. The Balaban J connectivity index is 1.71. The molecule has 4 aromatic rings. The van der Waals surface area contributed by atoms with Crippen molar-refractivity contribution in [2.24, 2.45) is 0 Å². The number of aryl methyl sites for hydroxylation is 1. The molecule has 2 aromatic carbocycles. The minimum absolute atomic E-state index is 0.205. The predicted molar refractivity (Wildman–Crippen MR) is 89.6 cm³/mol. The third kappa shape index (κ3) is 2.58. The molecule has 24 heavy (non-hydrogen) atoms. The lowest BCUT2D eigenvalue weighted by molar-refractivity contribution is 0.371. The summed E-state index contributed by atoms with van der Waals surface area (Å²) in [6.45, 7) is 2.23. The number of benzene rings is 2. The van der Waals surface area contributed by atoms with Gasteiger partial charge < -0.3 is 4.52 Å². The maximum absolute atomic E-state index is 12.2. The fraction of sp³-hybridized carbons (Fsp3) is 0.111. The number of hydrogen-bond acceptors (Lipinski definition) is 5. The lowest BCUT2D eigenvalue weighted by atomic mass is 10.1. The van der Waals surface area contributed by atoms with E-state index in [9.17, 15) is 4.79 Å². The van der Waals surface area contributed by atoms with E-state index in [-0.39, 0.29) is 12.1 Å². The highest BCUT2D eigenvalue weighted by Gasteiger charge is 2.11. The highest BCUT2D eigenvalue weighted by Crippen LogP contribution is 2.17. The third-order valence-corrected chi connectivity index (χ3v) is 3.82. The average Bonchev–Trinajstić information content (AvgIpc) is 3.07. The van der Waals surface area contributed by atoms with E-state index in [0.717, 1.165) is 22.2 Å². The Kier molecular flexibility index (Phi) is 3.42. The fourth-order valence-corrected chi connectivity index (χ4v) is 2.55. The molecule has 4 rings (SSSR count). The van der Waals surface area contributed by atoms with Crippen LogP contribution in [0.3, 0.4) is 0 Å². The van der Waals surface area contributed by atoms with Crippen molar-refractivity contribution in [2.75, 3.05) is 0 Å². The molecule has 6 nitrogen and oxygen atoms in total. The van der Waals surface area contributed by atoms with Gasteiger partial charge in [0, 0.05) is 5.56 Å². The van der Waals surface area contributed by atoms with Gasteiger partial charge in [0.05, 0.1) is 17.2 Å². The Labute approximate surface area is 137 Å². The molecule has 0 aliphatic rings. The van der Waals surface area contributed by atoms with Crippen LogP contribution in [0, 0.1) is 6.92 Å². The molecule has 6 heteroatoms. The van der Waals surface area contributed by atoms with Crippen LogP contribution in [0.15, 0.2) is 64.0 Å². The van der Waals surface area contributed by atoms with Gasteiger partial charge in [0.25, 0.3) is 5.56 Å². The van der Waals surface area contributed by atoms with Crippen LogP contribution in [0.1, 0.15) is 11.5 Å². The summed E-state index contributed by atoms with van der Waals surface area (Å²) in [6, 6.07) is 15.3. The summed E-state index contributed by atoms with van der Waals surface area (Å²) in [6.07, 6.45) is 1.31. The predicted octanol–water partition coefficient (Wildman–Crippen LogP) is 2.80. The summed E-state index contributed by atoms with van der Waals surface area (Å²) < 4.78 is 6.89. The number of fused-ring (bicyclic) bond motifs is 1. The van der Waals surface area contributed by atoms with Gasteiger partial charge in [-0.25, -0.2) is 4.98 Å². The molecule has 0 spiro atoms. The van der Waals surface area contributed by atoms with Crippen LogP contribution >= 0.6 is 0 Å². The first kappa shape index (κ1) is 14.3. The number of hydrogen-bond donors (Lipinski definition) is 0. The van der Waals surface area contributed by atoms with E-state index in [0.29, 0.717) is 11.7 Å². The van der Waals surface area contributed by atoms with Crippen molar-refractivity contribution in [3.63, 3.8) is 0 Å². The smallest absolute Gasteiger partial charge is 0.269 e. The van der Waals surface area contributed by atoms with Gasteiger partial charge in [-0.15, -0.1) is 0 Å². The zero-order valence-electron chi connectivity index (χ0n) is 13.0. The lowest BCUT2D eigenvalue weighted by Gasteiger charge is -2.06. The zero-order chi connectivity index (χ0) is 16.5. The molecule has 0 saturated heterocycles. The molecular weight excluding hydrogens is 304 g/mol. The van der Waals surface area contributed by atoms with Crippen molar-refractivity contribution in [3.05, 3.63) is 76.5 Å². The molecule has 0 atom stereocenters. The first-order valence-electron chi connectivity index (χ1n) is 7.55. The van der Waals surface area contributed by atoms with Crippen molar-refractivity contribution in [1.29, 1.82) is 0 Å². The Morgan fingerprint density at radius 2 is 1.88 bits per heavy atom. The van der Waals surface area contributed by atoms with Crippen LogP contribution < -0.4 is 5.56 Å². The maximum Gasteiger partial charge on any atom is 0.269 e. The van der Waals surface area contributed by atoms with Crippen LogP contribution in [0.2, 0.25) is 0 Å². The standard InChI is InChI=1S/C18H14N4O2/c1-12-6-8-13(9-7-12)18-20-16(24-21-18)11-22-15-5-3-2-4-14(15)19-10-17(22)23/h2-10H,11H2,1H3. The van der Waals surface area contributed by atoms with E-state index < -0.39 is 0 Å². The van der Waals surface area contributed by atoms with Crippen molar-refractivity contribution >= 4 is 11.0 Å². The van der Waals surface area contributed by atoms with Gasteiger partial charge in [0.1, 0.15) is 6.54 Å². The number of nitrogens with zero attached hydrogens (tertiary/aromatic N) is 4. The van der Waals surface area contributed by atoms with Crippen LogP contribution in [-0.4, -0.2) is 19.7 Å². The monoisotopic (exact) mass is 318 g/mol. The molecule has 0 aliphatic carbocycles. The topological polar surface area (TPSA) is 73.8 Å². The van der Waals surface area contributed by atoms with Crippen molar-refractivity contribution < 1.29 is 4.52 Å². The molecule has 2 heterocycles. The van der Waals surface area contributed by atoms with Crippen molar-refractivity contribution in [3.8, 4) is 11.4 Å². The minimum atomic E-state index is -0.205. The second kappa shape index (κ2) is 5.73. The number of aromatic nitrogens is 4. The molecule has 0 saturated carbocycles. The Hall–Kier alpha value is -3.28. The van der Waals surface area contributed by atoms with E-state index in [1.807, 2.05) is 55.5 Å². The minimum Gasteiger partial charge on any atom is -0.337 e. The molecule has 0 bridgehead atoms. The average molecular weight is 318 g/mol. The molecular formula is C18H14N4O2. The summed E-state index contributed by atoms with van der Waals surface area (Å²) in [5.41, 5.74) is 3.32. The summed E-state index contributed by atoms with van der Waals surface area (Å²) >= 11 is 0. The Bertz CT molecular complexity index is 1060. The third-order valence-electron chi connectivity index (χ3n) is 3.82. The first-order valence-corrected chi connectivity index (χ1v) is 7.55. The highest BCUT2D eigenvalue weighted by atomic mass is 16.5. The van der Waals surface area contributed by atoms with Gasteiger partial charge in [-0.3, -0.25) is 9.36 Å². The maximum atomic E-state index is 12.2. The molecule has 0 aliphatic heterocycles. The van der Waals surface area contributed by atoms with E-state index >= 15 is 0 Å². The summed E-state index contributed by atoms with van der Waals surface area (Å²) in [5.74, 6) is 0.889. The van der Waals surface area contributed by atoms with E-state index in [1.54, 1.807) is 4.57 Å². The van der Waals surface area contributed by atoms with E-state index in [2.05, 4.69) is 15.1 Å². The van der Waals surface area contributed by atoms with Gasteiger partial charge >= 0.3 is 0 Å². The van der Waals surface area contributed by atoms with Gasteiger partial charge in [-0.05, 0) is 19.1 Å². The highest BCUT2D eigenvalue weighted by molar-refractivity contribution is 5.74. The summed E-state index contributed by atoms with van der Waals surface area (Å²) in [5, 5.41) is 4.00. The number of para-hydroxylation sites is 2. The SMILES string of the molecule is Cc1ccc(-c2noc(Cn3c(=O)cnc4ccccc43)n2)cc1. The molecule has 0 amide bonds. The molecule has 2 aromatic heterocycles. The van der Waals surface area contributed by atoms with Crippen molar-refractivity contribution in [2.45, 2.75) is 13.5 Å². The van der Waals surface area contributed by atoms with E-state index in [4.69, 9.17) is 4.52 Å². The quantitative estimate of drug-likeness (QED) is 0.581. The van der Waals surface area contributed by atoms with Gasteiger partial charge in [0.15, 0.2) is 0 Å². The van der Waals surface area contributed by atoms with Crippen LogP contribution in [0.25, 0.3) is 22.4 Å². The van der Waals surface area contributed by atoms with Gasteiger partial charge in [-0.2, -0.15) is 4.98 Å². The van der Waals surface area contributed by atoms with Gasteiger partial charge in [-0.1, -0.05) is 47.1 Å². The zero-order valence-corrected chi connectivity index (χ0v) is 13.0. The van der Waals surface area contributed by atoms with Crippen LogP contribution in [-0.2, 0) is 6.54 Å². The fourth-order valence-electron chi connectivity index (χ4n) is 2.55. The lowest BCUT2D eigenvalue weighted by Crippen LogP contribution is -2.21. The first-order chi connectivity index (χ1) is 11.7. The number of rotatable bonds is 3. The van der Waals surface area contributed by atoms with Crippen LogP contribution in [0.4, 0.5) is 0 Å². The second-order valence-electron chi connectivity index (χ2n) is 5.55. The summed E-state index contributed by atoms with van der Waals surface area (Å²) in [7, 11) is 0. The summed E-state index contributed by atoms with van der Waals surface area (Å²) in [4.78, 5) is 20.7. The Morgan fingerprint density at radius 3 is 2.71 bits per heavy atom. The Morgan fingerprint density at radius 1 is 1.08 bits per heavy atom. The molecule has 0 N–H and O–H groups in total. The van der Waals surface area contributed by atoms with Gasteiger partial charge in [0.2, 0.25) is 11.7 Å². The molecule has 0 fully saturated rings. The molecule has 0 unspecified atom stereocenters. The van der Waals surface area contributed by atoms with Crippen LogP contribution in [0.5, 0.6) is 0 Å². The van der Waals surface area contributed by atoms with Crippen molar-refractivity contribution in [1.82, 2.24) is 19.7 Å². The molecule has 0 radical (unpaired) electrons. The van der Waals surface area contributed by atoms with E-state index in [1.165, 1.54) is 6.20 Å². The normalized spacial score (nSPS) is 11.0. The largest absolute Gasteiger partial charge is 0.337 e. The second-order valence-corrected chi connectivity index (χ2v) is 5.55.